The van der Waals surface area contributed by atoms with Crippen LogP contribution in [0.5, 0.6) is 0 Å². The molecule has 7 heteroatoms. The molecule has 0 aromatic heterocycles. The van der Waals surface area contributed by atoms with Crippen LogP contribution in [0.25, 0.3) is 0 Å². The third-order valence-corrected chi connectivity index (χ3v) is 4.67. The first kappa shape index (κ1) is 16.2. The van der Waals surface area contributed by atoms with E-state index in [0.29, 0.717) is 12.5 Å². The minimum absolute atomic E-state index is 0.313. The summed E-state index contributed by atoms with van der Waals surface area (Å²) in [6, 6.07) is 0. The second-order valence-electron chi connectivity index (χ2n) is 3.80. The Kier molecular flexibility index (Phi) is 8.43. The van der Waals surface area contributed by atoms with E-state index in [-0.39, 0.29) is 0 Å². The Labute approximate surface area is 98.0 Å². The molecule has 0 aliphatic rings. The first-order valence-electron chi connectivity index (χ1n) is 5.49. The van der Waals surface area contributed by atoms with E-state index in [1.54, 1.807) is 0 Å². The van der Waals surface area contributed by atoms with Crippen LogP contribution in [-0.2, 0) is 18.0 Å². The van der Waals surface area contributed by atoms with Crippen LogP contribution in [-0.4, -0.2) is 18.2 Å². The first-order valence-corrected chi connectivity index (χ1v) is 8.61. The smallest absolute Gasteiger partial charge is 0.306 e. The molecule has 0 rings (SSSR count). The van der Waals surface area contributed by atoms with Crippen molar-refractivity contribution in [3.63, 3.8) is 0 Å². The molecule has 0 aliphatic carbocycles. The molecular formula is C9H21O5P2+. The van der Waals surface area contributed by atoms with Crippen molar-refractivity contribution in [3.8, 4) is 0 Å². The summed E-state index contributed by atoms with van der Waals surface area (Å²) in [4.78, 5) is 8.49. The molecule has 0 amide bonds. The number of hydrogen-bond acceptors (Lipinski definition) is 4. The molecule has 0 aliphatic heterocycles. The maximum atomic E-state index is 11.5. The lowest BCUT2D eigenvalue weighted by Crippen LogP contribution is -2.07. The first-order chi connectivity index (χ1) is 7.41. The summed E-state index contributed by atoms with van der Waals surface area (Å²) in [5.74, 6) is 0.327. The Balaban J connectivity index is 3.99. The molecular weight excluding hydrogens is 250 g/mol. The van der Waals surface area contributed by atoms with Gasteiger partial charge in [0, 0.05) is 11.2 Å². The van der Waals surface area contributed by atoms with Gasteiger partial charge in [-0.25, -0.2) is 0 Å². The minimum Gasteiger partial charge on any atom is -0.306 e. The van der Waals surface area contributed by atoms with Crippen LogP contribution >= 0.6 is 15.9 Å². The third-order valence-electron chi connectivity index (χ3n) is 2.31. The van der Waals surface area contributed by atoms with Gasteiger partial charge in [0.2, 0.25) is 0 Å². The summed E-state index contributed by atoms with van der Waals surface area (Å²) in [5, 5.41) is 0. The zero-order valence-electron chi connectivity index (χ0n) is 10.1. The van der Waals surface area contributed by atoms with Crippen LogP contribution in [0.4, 0.5) is 0 Å². The lowest BCUT2D eigenvalue weighted by molar-refractivity contribution is 0.208. The van der Waals surface area contributed by atoms with Crippen LogP contribution in [0.15, 0.2) is 0 Å². The maximum absolute atomic E-state index is 11.5. The molecule has 0 fully saturated rings. The molecule has 1 N–H and O–H groups in total. The topological polar surface area (TPSA) is 72.8 Å². The zero-order chi connectivity index (χ0) is 12.6. The van der Waals surface area contributed by atoms with Gasteiger partial charge in [0.1, 0.15) is 0 Å². The fraction of sp³-hybridized carbons (Fsp3) is 1.00. The fourth-order valence-electron chi connectivity index (χ4n) is 1.29. The van der Waals surface area contributed by atoms with Gasteiger partial charge in [-0.3, -0.25) is 4.57 Å². The summed E-state index contributed by atoms with van der Waals surface area (Å²) >= 11 is 0. The summed E-state index contributed by atoms with van der Waals surface area (Å²) in [7, 11) is -6.25. The van der Waals surface area contributed by atoms with Crippen molar-refractivity contribution >= 4 is 15.9 Å². The van der Waals surface area contributed by atoms with Crippen LogP contribution < -0.4 is 0 Å². The molecule has 0 saturated carbocycles. The highest BCUT2D eigenvalue weighted by atomic mass is 31.2. The van der Waals surface area contributed by atoms with E-state index in [4.69, 9.17) is 9.42 Å². The summed E-state index contributed by atoms with van der Waals surface area (Å²) < 4.78 is 31.3. The highest BCUT2D eigenvalue weighted by Gasteiger charge is 2.31. The van der Waals surface area contributed by atoms with Gasteiger partial charge < -0.3 is 4.52 Å². The molecule has 0 radical (unpaired) electrons. The van der Waals surface area contributed by atoms with Crippen molar-refractivity contribution in [1.29, 1.82) is 0 Å². The highest BCUT2D eigenvalue weighted by molar-refractivity contribution is 7.59. The Hall–Kier alpha value is 0.210. The molecule has 0 aromatic carbocycles. The molecule has 0 spiro atoms. The van der Waals surface area contributed by atoms with Crippen LogP contribution in [0, 0.1) is 5.92 Å². The second-order valence-corrected chi connectivity index (χ2v) is 6.73. The molecule has 0 bridgehead atoms. The molecule has 3 atom stereocenters. The van der Waals surface area contributed by atoms with E-state index in [9.17, 15) is 9.13 Å². The standard InChI is InChI=1S/C9H20O5P2/c1-4-6-7-9(5-2)8-13-16(3,12)14-15(10)11/h9H,4-8H2,1-3H3/p+1. The average molecular weight is 271 g/mol. The normalized spacial score (nSPS) is 17.9. The molecule has 0 aromatic rings. The molecule has 0 saturated heterocycles. The predicted octanol–water partition coefficient (Wildman–Crippen LogP) is 3.71. The highest BCUT2D eigenvalue weighted by Crippen LogP contribution is 2.51. The lowest BCUT2D eigenvalue weighted by Gasteiger charge is -2.15. The van der Waals surface area contributed by atoms with E-state index < -0.39 is 15.9 Å². The lowest BCUT2D eigenvalue weighted by atomic mass is 10.0. The van der Waals surface area contributed by atoms with Gasteiger partial charge >= 0.3 is 15.9 Å². The van der Waals surface area contributed by atoms with E-state index in [1.165, 1.54) is 6.66 Å². The van der Waals surface area contributed by atoms with Crippen molar-refractivity contribution < 1.29 is 22.9 Å². The Morgan fingerprint density at radius 1 is 1.44 bits per heavy atom. The van der Waals surface area contributed by atoms with Gasteiger partial charge in [0.05, 0.1) is 6.61 Å². The summed E-state index contributed by atoms with van der Waals surface area (Å²) in [5.41, 5.74) is 0. The predicted molar refractivity (Wildman–Crippen MR) is 63.7 cm³/mol. The van der Waals surface area contributed by atoms with E-state index in [2.05, 4.69) is 11.2 Å². The molecule has 96 valence electrons. The number of unbranched alkanes of at least 4 members (excludes halogenated alkanes) is 1. The van der Waals surface area contributed by atoms with Gasteiger partial charge in [-0.05, 0) is 16.6 Å². The van der Waals surface area contributed by atoms with E-state index in [0.717, 1.165) is 25.7 Å². The third kappa shape index (κ3) is 8.37. The van der Waals surface area contributed by atoms with Crippen molar-refractivity contribution in [3.05, 3.63) is 0 Å². The van der Waals surface area contributed by atoms with Gasteiger partial charge in [0.15, 0.2) is 0 Å². The molecule has 3 unspecified atom stereocenters. The molecule has 16 heavy (non-hydrogen) atoms. The average Bonchev–Trinajstić information content (AvgIpc) is 2.16. The van der Waals surface area contributed by atoms with Crippen LogP contribution in [0.2, 0.25) is 0 Å². The van der Waals surface area contributed by atoms with Crippen molar-refractivity contribution in [2.45, 2.75) is 39.5 Å². The van der Waals surface area contributed by atoms with Gasteiger partial charge in [0.25, 0.3) is 0 Å². The van der Waals surface area contributed by atoms with Crippen molar-refractivity contribution in [1.82, 2.24) is 0 Å². The number of hydrogen-bond donors (Lipinski definition) is 1. The molecule has 5 nitrogen and oxygen atoms in total. The number of rotatable bonds is 9. The zero-order valence-corrected chi connectivity index (χ0v) is 11.9. The largest absolute Gasteiger partial charge is 0.703 e. The monoisotopic (exact) mass is 271 g/mol. The minimum atomic E-state index is -3.38. The maximum Gasteiger partial charge on any atom is 0.703 e. The fourth-order valence-corrected chi connectivity index (χ4v) is 2.97. The Morgan fingerprint density at radius 3 is 2.50 bits per heavy atom. The van der Waals surface area contributed by atoms with Gasteiger partial charge in [-0.2, -0.15) is 0 Å². The Bertz CT molecular complexity index is 256. The SMILES string of the molecule is CCCCC(CC)COP(C)(=O)O[P+](=O)O. The second kappa shape index (κ2) is 8.32. The molecule has 0 heterocycles. The quantitative estimate of drug-likeness (QED) is 0.647. The van der Waals surface area contributed by atoms with Gasteiger partial charge in [-0.1, -0.05) is 33.1 Å². The van der Waals surface area contributed by atoms with Crippen molar-refractivity contribution in [2.24, 2.45) is 5.92 Å². The summed E-state index contributed by atoms with van der Waals surface area (Å²) in [6.45, 7) is 5.67. The van der Waals surface area contributed by atoms with Gasteiger partial charge in [-0.15, -0.1) is 4.89 Å². The van der Waals surface area contributed by atoms with E-state index >= 15 is 0 Å². The Morgan fingerprint density at radius 2 is 2.06 bits per heavy atom. The van der Waals surface area contributed by atoms with E-state index in [1.807, 2.05) is 6.92 Å². The van der Waals surface area contributed by atoms with Crippen molar-refractivity contribution in [2.75, 3.05) is 13.3 Å². The van der Waals surface area contributed by atoms with Crippen LogP contribution in [0.3, 0.4) is 0 Å². The van der Waals surface area contributed by atoms with Crippen LogP contribution in [0.1, 0.15) is 39.5 Å². The summed E-state index contributed by atoms with van der Waals surface area (Å²) in [6.07, 6.45) is 4.16.